The largest absolute Gasteiger partial charge is 0.453 e. The molecule has 2 aromatic heterocycles. The smallest absolute Gasteiger partial charge is 0.407 e. The third-order valence-electron chi connectivity index (χ3n) is 16.3. The van der Waals surface area contributed by atoms with E-state index in [1.807, 2.05) is 21.9 Å². The van der Waals surface area contributed by atoms with Crippen molar-refractivity contribution in [1.29, 1.82) is 0 Å². The highest BCUT2D eigenvalue weighted by molar-refractivity contribution is 6.32. The van der Waals surface area contributed by atoms with Gasteiger partial charge in [-0.1, -0.05) is 48.9 Å². The Morgan fingerprint density at radius 2 is 1.32 bits per heavy atom. The second-order valence-electron chi connectivity index (χ2n) is 19.7. The Hall–Kier alpha value is -5.71. The van der Waals surface area contributed by atoms with E-state index in [9.17, 15) is 19.2 Å². The third-order valence-corrected chi connectivity index (χ3v) is 16.6. The van der Waals surface area contributed by atoms with Gasteiger partial charge in [0.15, 0.2) is 5.15 Å². The summed E-state index contributed by atoms with van der Waals surface area (Å²) >= 11 is 6.88. The van der Waals surface area contributed by atoms with Crippen molar-refractivity contribution in [2.75, 3.05) is 40.6 Å². The van der Waals surface area contributed by atoms with Gasteiger partial charge in [0.2, 0.25) is 11.8 Å². The number of amides is 4. The van der Waals surface area contributed by atoms with E-state index in [1.54, 1.807) is 0 Å². The molecule has 66 heavy (non-hydrogen) atoms. The highest BCUT2D eigenvalue weighted by Gasteiger charge is 2.94. The van der Waals surface area contributed by atoms with Gasteiger partial charge in [0, 0.05) is 44.1 Å². The highest BCUT2D eigenvalue weighted by Crippen LogP contribution is 2.90. The standard InChI is InChI=1S/C49H53ClN8O8/c1-49-35-36(49)41(49)58(46(60)39(55-48(62)64-3)24-12-16-66-17-13-24)40(35)44-51-31-9-8-28(20-32(31)52-44)26-4-5-27-19-29(7-6-25(27)18-26)37-42(50)56-43(53-37)34-22-30-21-33(30)57(34)45(59)38(54-47(61)63-2)23-10-14-65-15-11-23/h4-9,18-20,23-24,30,33-36,38-41H,10-17,21-22H2,1-3H3,(H,51,52)(H,53,56)(H,54,61)(H,55,62)/t30-,33-,34+,35?,36-,38+,39+,40+,41+,49-/m1/s1. The molecule has 10 atom stereocenters. The van der Waals surface area contributed by atoms with E-state index < -0.39 is 24.3 Å². The molecule has 1 unspecified atom stereocenters. The molecule has 8 fully saturated rings. The maximum Gasteiger partial charge on any atom is 0.407 e. The molecule has 13 rings (SSSR count). The van der Waals surface area contributed by atoms with E-state index in [0.717, 1.165) is 57.2 Å². The van der Waals surface area contributed by atoms with E-state index >= 15 is 0 Å². The molecule has 3 saturated carbocycles. The quantitative estimate of drug-likeness (QED) is 0.114. The molecule has 5 aliphatic heterocycles. The summed E-state index contributed by atoms with van der Waals surface area (Å²) in [4.78, 5) is 74.7. The zero-order valence-electron chi connectivity index (χ0n) is 37.1. The molecule has 7 heterocycles. The fourth-order valence-electron chi connectivity index (χ4n) is 12.6. The van der Waals surface area contributed by atoms with Gasteiger partial charge in [0.1, 0.15) is 23.7 Å². The maximum atomic E-state index is 14.5. The fraction of sp³-hybridized carbons (Fsp3) is 0.510. The van der Waals surface area contributed by atoms with E-state index in [4.69, 9.17) is 40.5 Å². The van der Waals surface area contributed by atoms with Gasteiger partial charge < -0.3 is 49.3 Å². The number of methoxy groups -OCH3 is 2. The molecule has 8 aliphatic rings. The van der Waals surface area contributed by atoms with Crippen molar-refractivity contribution in [3.63, 3.8) is 0 Å². The number of hydrogen-bond donors (Lipinski definition) is 4. The Morgan fingerprint density at radius 1 is 0.742 bits per heavy atom. The summed E-state index contributed by atoms with van der Waals surface area (Å²) in [7, 11) is 2.63. The number of rotatable bonds is 10. The van der Waals surface area contributed by atoms with Crippen molar-refractivity contribution >= 4 is 57.4 Å². The number of nitrogens with zero attached hydrogens (tertiary/aromatic N) is 4. The van der Waals surface area contributed by atoms with Gasteiger partial charge in [-0.3, -0.25) is 9.59 Å². The first-order valence-electron chi connectivity index (χ1n) is 23.3. The average molecular weight is 917 g/mol. The van der Waals surface area contributed by atoms with Crippen LogP contribution in [0.5, 0.6) is 0 Å². The Bertz CT molecular complexity index is 2800. The molecular weight excluding hydrogens is 864 g/mol. The molecule has 4 amide bonds. The van der Waals surface area contributed by atoms with Crippen molar-refractivity contribution in [2.45, 2.75) is 81.7 Å². The number of alkyl carbamates (subject to hydrolysis) is 2. The lowest BCUT2D eigenvalue weighted by Crippen LogP contribution is -2.54. The Kier molecular flexibility index (Phi) is 9.92. The number of likely N-dealkylation sites (tertiary alicyclic amines) is 1. The first-order valence-corrected chi connectivity index (χ1v) is 23.7. The Morgan fingerprint density at radius 3 is 1.95 bits per heavy atom. The lowest BCUT2D eigenvalue weighted by atomic mass is 9.90. The minimum absolute atomic E-state index is 0.0348. The summed E-state index contributed by atoms with van der Waals surface area (Å²) in [5.74, 6) is 2.31. The summed E-state index contributed by atoms with van der Waals surface area (Å²) in [6, 6.07) is 17.2. The molecule has 4 N–H and O–H groups in total. The molecule has 17 heteroatoms. The number of fused-ring (bicyclic) bond motifs is 4. The van der Waals surface area contributed by atoms with Crippen LogP contribution in [0.1, 0.15) is 69.2 Å². The molecule has 3 aliphatic carbocycles. The number of H-pyrrole nitrogens is 2. The predicted octanol–water partition coefficient (Wildman–Crippen LogP) is 6.91. The number of aromatic nitrogens is 4. The number of benzene rings is 3. The van der Waals surface area contributed by atoms with Crippen LogP contribution in [0.4, 0.5) is 9.59 Å². The molecule has 5 saturated heterocycles. The van der Waals surface area contributed by atoms with Crippen molar-refractivity contribution in [2.24, 2.45) is 35.0 Å². The van der Waals surface area contributed by atoms with Crippen LogP contribution in [0.25, 0.3) is 44.2 Å². The summed E-state index contributed by atoms with van der Waals surface area (Å²) in [5, 5.41) is 8.15. The summed E-state index contributed by atoms with van der Waals surface area (Å²) < 4.78 is 21.0. The van der Waals surface area contributed by atoms with Gasteiger partial charge >= 0.3 is 12.2 Å². The monoisotopic (exact) mass is 916 g/mol. The van der Waals surface area contributed by atoms with Crippen LogP contribution in [-0.2, 0) is 28.5 Å². The van der Waals surface area contributed by atoms with E-state index in [-0.39, 0.29) is 53.2 Å². The number of nitrogens with one attached hydrogen (secondary N) is 4. The third kappa shape index (κ3) is 6.68. The summed E-state index contributed by atoms with van der Waals surface area (Å²) in [6.07, 6.45) is 3.23. The fourth-order valence-corrected chi connectivity index (χ4v) is 12.8. The van der Waals surface area contributed by atoms with Crippen molar-refractivity contribution < 1.29 is 38.1 Å². The topological polar surface area (TPSA) is 193 Å². The van der Waals surface area contributed by atoms with Gasteiger partial charge in [-0.2, -0.15) is 0 Å². The zero-order chi connectivity index (χ0) is 45.2. The molecule has 0 radical (unpaired) electrons. The SMILES string of the molecule is COC(=O)N[C@H](C(=O)N1[C@H](c2nc3ccc(-c4ccc5cc(-c6[nH]c([C@@H]7C[C@H]8C[C@H]8N7C(=O)[C@@H](NC(=O)OC)C7CCOCC7)nc6Cl)ccc5c4)cc3[nH]2)C2[C@@H]3[C@H]1[C@]23C)C1CCOCC1. The van der Waals surface area contributed by atoms with Crippen molar-refractivity contribution in [3.05, 3.63) is 71.4 Å². The first-order chi connectivity index (χ1) is 32.0. The molecule has 5 aromatic rings. The normalized spacial score (nSPS) is 29.5. The second-order valence-corrected chi connectivity index (χ2v) is 20.0. The maximum absolute atomic E-state index is 14.5. The average Bonchev–Trinajstić information content (AvgIpc) is 4.04. The highest BCUT2D eigenvalue weighted by atomic mass is 35.5. The van der Waals surface area contributed by atoms with Gasteiger partial charge in [-0.05, 0) is 120 Å². The van der Waals surface area contributed by atoms with Crippen LogP contribution in [0.2, 0.25) is 5.15 Å². The van der Waals surface area contributed by atoms with Crippen LogP contribution >= 0.6 is 11.6 Å². The van der Waals surface area contributed by atoms with Crippen LogP contribution in [0, 0.1) is 35.0 Å². The number of halogens is 1. The number of carbonyl (C=O) groups is 4. The van der Waals surface area contributed by atoms with Crippen LogP contribution in [-0.4, -0.2) is 119 Å². The van der Waals surface area contributed by atoms with E-state index in [1.165, 1.54) is 14.2 Å². The predicted molar refractivity (Wildman–Crippen MR) is 242 cm³/mol. The number of piperidine rings is 2. The van der Waals surface area contributed by atoms with Gasteiger partial charge in [-0.15, -0.1) is 0 Å². The van der Waals surface area contributed by atoms with Crippen molar-refractivity contribution in [1.82, 2.24) is 40.4 Å². The number of imidazole rings is 2. The zero-order valence-corrected chi connectivity index (χ0v) is 37.8. The van der Waals surface area contributed by atoms with E-state index in [0.29, 0.717) is 86.5 Å². The second kappa shape index (κ2) is 15.7. The van der Waals surface area contributed by atoms with Crippen LogP contribution in [0.3, 0.4) is 0 Å². The minimum atomic E-state index is -0.716. The van der Waals surface area contributed by atoms with Gasteiger partial charge in [-0.25, -0.2) is 19.6 Å². The van der Waals surface area contributed by atoms with Gasteiger partial charge in [0.05, 0.1) is 43.0 Å². The number of carbonyl (C=O) groups excluding carboxylic acids is 4. The molecule has 16 nitrogen and oxygen atoms in total. The van der Waals surface area contributed by atoms with Crippen LogP contribution < -0.4 is 10.6 Å². The lowest BCUT2D eigenvalue weighted by Gasteiger charge is -2.35. The molecule has 0 spiro atoms. The molecule has 344 valence electrons. The van der Waals surface area contributed by atoms with E-state index in [2.05, 4.69) is 70.0 Å². The summed E-state index contributed by atoms with van der Waals surface area (Å²) in [6.45, 7) is 4.47. The Labute approximate surface area is 385 Å². The van der Waals surface area contributed by atoms with Gasteiger partial charge in [0.25, 0.3) is 0 Å². The molecule has 3 aromatic carbocycles. The number of hydrogen-bond acceptors (Lipinski definition) is 10. The lowest BCUT2D eigenvalue weighted by molar-refractivity contribution is -0.138. The molecule has 2 bridgehead atoms. The number of ether oxygens (including phenoxy) is 4. The minimum Gasteiger partial charge on any atom is -0.453 e. The van der Waals surface area contributed by atoms with Crippen molar-refractivity contribution in [3.8, 4) is 22.4 Å². The van der Waals surface area contributed by atoms with Crippen LogP contribution in [0.15, 0.2) is 54.6 Å². The Balaban J connectivity index is 0.780. The number of aromatic amines is 2. The summed E-state index contributed by atoms with van der Waals surface area (Å²) in [5.41, 5.74) is 5.46. The first kappa shape index (κ1) is 41.7. The molecular formula is C49H53ClN8O8.